The zero-order valence-corrected chi connectivity index (χ0v) is 14.9. The topological polar surface area (TPSA) is 80.9 Å². The summed E-state index contributed by atoms with van der Waals surface area (Å²) in [5, 5.41) is 8.63. The summed E-state index contributed by atoms with van der Waals surface area (Å²) >= 11 is 0. The molecule has 4 N–H and O–H groups in total. The number of benzene rings is 1. The van der Waals surface area contributed by atoms with Crippen molar-refractivity contribution in [3.05, 3.63) is 30.3 Å². The van der Waals surface area contributed by atoms with Crippen molar-refractivity contribution in [2.75, 3.05) is 0 Å². The van der Waals surface area contributed by atoms with Gasteiger partial charge in [-0.15, -0.1) is 0 Å². The Labute approximate surface area is 157 Å². The number of phenols is 1. The van der Waals surface area contributed by atoms with Gasteiger partial charge in [-0.25, -0.2) is 0 Å². The van der Waals surface area contributed by atoms with Gasteiger partial charge in [-0.1, -0.05) is 18.2 Å². The van der Waals surface area contributed by atoms with Crippen LogP contribution >= 0.6 is 8.60 Å². The van der Waals surface area contributed by atoms with Crippen molar-refractivity contribution in [2.24, 2.45) is 0 Å². The van der Waals surface area contributed by atoms with E-state index in [0.29, 0.717) is 5.75 Å². The molecule has 0 amide bonds. The van der Waals surface area contributed by atoms with E-state index in [-0.39, 0.29) is 95.7 Å². The summed E-state index contributed by atoms with van der Waals surface area (Å²) in [6.07, 6.45) is 0. The van der Waals surface area contributed by atoms with Crippen molar-refractivity contribution in [1.29, 1.82) is 0 Å². The van der Waals surface area contributed by atoms with E-state index in [4.69, 9.17) is 19.8 Å². The van der Waals surface area contributed by atoms with E-state index in [0.717, 1.165) is 0 Å². The van der Waals surface area contributed by atoms with Gasteiger partial charge in [0.25, 0.3) is 0 Å². The van der Waals surface area contributed by atoms with Gasteiger partial charge in [0.05, 0.1) is 0 Å². The van der Waals surface area contributed by atoms with Crippen molar-refractivity contribution in [1.82, 2.24) is 0 Å². The predicted octanol–water partition coefficient (Wildman–Crippen LogP) is -0.339. The first-order valence-corrected chi connectivity index (χ1v) is 3.93. The molecule has 0 saturated heterocycles. The molecule has 0 fully saturated rings. The second-order valence-corrected chi connectivity index (χ2v) is 2.14. The van der Waals surface area contributed by atoms with Gasteiger partial charge in [0.2, 0.25) is 0 Å². The molecule has 0 spiro atoms. The quantitative estimate of drug-likeness (QED) is 0.295. The molecule has 0 unspecified atom stereocenters. The molecule has 4 nitrogen and oxygen atoms in total. The Morgan fingerprint density at radius 2 is 1.21 bits per heavy atom. The van der Waals surface area contributed by atoms with Crippen LogP contribution in [0.2, 0.25) is 0 Å². The second-order valence-electron chi connectivity index (χ2n) is 1.60. The normalized spacial score (nSPS) is 6.86. The number of rotatable bonds is 0. The van der Waals surface area contributed by atoms with Crippen molar-refractivity contribution in [3.63, 3.8) is 0 Å². The van der Waals surface area contributed by atoms with Crippen LogP contribution in [0.1, 0.15) is 0 Å². The first kappa shape index (κ1) is 25.3. The summed E-state index contributed by atoms with van der Waals surface area (Å²) in [6, 6.07) is 8.71. The Morgan fingerprint density at radius 1 is 0.929 bits per heavy atom. The maximum absolute atomic E-state index is 8.63. The molecule has 1 aromatic carbocycles. The molecule has 0 aliphatic carbocycles. The minimum absolute atomic E-state index is 0. The van der Waals surface area contributed by atoms with Gasteiger partial charge >= 0.3 is 57.5 Å². The van der Waals surface area contributed by atoms with E-state index in [9.17, 15) is 0 Å². The average Bonchev–Trinajstić information content (AvgIpc) is 1.87. The van der Waals surface area contributed by atoms with Crippen molar-refractivity contribution >= 4 is 57.5 Å². The zero-order chi connectivity index (χ0) is 8.69. The molecule has 0 atom stereocenters. The minimum Gasteiger partial charge on any atom is 0 e. The van der Waals surface area contributed by atoms with Gasteiger partial charge in [0.1, 0.15) is 5.75 Å². The van der Waals surface area contributed by atoms with E-state index in [1.807, 2.05) is 6.07 Å². The summed E-state index contributed by atoms with van der Waals surface area (Å²) in [7, 11) is -2.62. The fourth-order valence-corrected chi connectivity index (χ4v) is 0.428. The van der Waals surface area contributed by atoms with Crippen LogP contribution in [0, 0.1) is 0 Å². The molecule has 14 heavy (non-hydrogen) atoms. The number of aromatic hydroxyl groups is 1. The maximum atomic E-state index is 8.63. The number of hydrogen-bond donors (Lipinski definition) is 4. The average molecular weight is 493 g/mol. The Morgan fingerprint density at radius 3 is 1.36 bits per heavy atom. The molecule has 0 aliphatic heterocycles. The van der Waals surface area contributed by atoms with Gasteiger partial charge in [0.15, 0.2) is 0 Å². The Hall–Kier alpha value is 2.45. The van der Waals surface area contributed by atoms with E-state index >= 15 is 0 Å². The largest absolute Gasteiger partial charge is 0 e. The Bertz CT molecular complexity index is 190. The van der Waals surface area contributed by atoms with Gasteiger partial charge in [-0.2, -0.15) is 0 Å². The Balaban J connectivity index is -0.0000000650. The molecule has 0 heterocycles. The molecule has 0 saturated carbocycles. The predicted molar refractivity (Wildman–Crippen MR) is 50.2 cm³/mol. The molecule has 70 valence electrons. The number of hydrogen-bond acceptors (Lipinski definition) is 4. The number of para-hydroxylation sites is 1. The van der Waals surface area contributed by atoms with E-state index in [1.165, 1.54) is 0 Å². The van der Waals surface area contributed by atoms with Gasteiger partial charge in [-0.3, -0.25) is 0 Å². The summed E-state index contributed by atoms with van der Waals surface area (Å²) in [6.45, 7) is 0. The molecular weight excluding hydrogens is 482 g/mol. The van der Waals surface area contributed by atoms with E-state index < -0.39 is 8.60 Å². The third-order valence-corrected chi connectivity index (χ3v) is 0.756. The van der Waals surface area contributed by atoms with Crippen LogP contribution in [0.5, 0.6) is 5.75 Å². The Kier molecular flexibility index (Phi) is 32.3. The minimum atomic E-state index is -2.62. The molecular formula is C6H11BaCdO4PZn. The van der Waals surface area contributed by atoms with Crippen molar-refractivity contribution < 1.29 is 66.6 Å². The standard InChI is InChI=1S/C6H6O.Ba.Cd.H3O3P.Zn.2H/c7-6-4-2-1-3-5-6;;;1-4(2)3;;;/h1-5,7H;;;1-3H;;;. The van der Waals surface area contributed by atoms with Gasteiger partial charge < -0.3 is 19.8 Å². The van der Waals surface area contributed by atoms with E-state index in [1.54, 1.807) is 24.3 Å². The fraction of sp³-hybridized carbons (Fsp3) is 0. The van der Waals surface area contributed by atoms with Crippen LogP contribution in [0.15, 0.2) is 30.3 Å². The van der Waals surface area contributed by atoms with Gasteiger partial charge in [-0.05, 0) is 12.1 Å². The van der Waals surface area contributed by atoms with Crippen LogP contribution in [0.25, 0.3) is 0 Å². The first-order chi connectivity index (χ1) is 5.13. The molecule has 0 aliphatic rings. The smallest absolute Gasteiger partial charge is 0 e. The number of phenolic OH excluding ortho intramolecular Hbond substituents is 1. The first-order valence-electron chi connectivity index (χ1n) is 2.73. The maximum Gasteiger partial charge on any atom is 0 e. The molecule has 0 radical (unpaired) electrons. The molecule has 0 bridgehead atoms. The molecule has 1 aromatic rings. The second kappa shape index (κ2) is 17.8. The third kappa shape index (κ3) is 23.9. The zero-order valence-electron chi connectivity index (χ0n) is 7.04. The summed E-state index contributed by atoms with van der Waals surface area (Å²) in [5.41, 5.74) is 0. The molecule has 8 heteroatoms. The monoisotopic (exact) mass is 494 g/mol. The SMILES string of the molecule is OP(O)O.Oc1ccccc1.[BaH2].[Cd].[Zn]. The van der Waals surface area contributed by atoms with Gasteiger partial charge in [0, 0.05) is 46.8 Å². The van der Waals surface area contributed by atoms with Crippen molar-refractivity contribution in [2.45, 2.75) is 0 Å². The summed E-state index contributed by atoms with van der Waals surface area (Å²) < 4.78 is 0. The third-order valence-electron chi connectivity index (χ3n) is 0.756. The van der Waals surface area contributed by atoms with Crippen LogP contribution in [0.3, 0.4) is 0 Å². The molecule has 1 rings (SSSR count). The van der Waals surface area contributed by atoms with Crippen LogP contribution in [0.4, 0.5) is 0 Å². The fourth-order valence-electron chi connectivity index (χ4n) is 0.428. The van der Waals surface area contributed by atoms with Crippen molar-refractivity contribution in [3.8, 4) is 5.75 Å². The summed E-state index contributed by atoms with van der Waals surface area (Å²) in [5.74, 6) is 0.322. The van der Waals surface area contributed by atoms with E-state index in [2.05, 4.69) is 0 Å². The van der Waals surface area contributed by atoms with Crippen LogP contribution in [-0.2, 0) is 46.8 Å². The van der Waals surface area contributed by atoms with Crippen LogP contribution < -0.4 is 0 Å². The van der Waals surface area contributed by atoms with Crippen LogP contribution in [-0.4, -0.2) is 68.7 Å². The summed E-state index contributed by atoms with van der Waals surface area (Å²) in [4.78, 5) is 21.7. The molecule has 0 aromatic heterocycles.